The molecule has 0 spiro atoms. The van der Waals surface area contributed by atoms with E-state index in [0.717, 1.165) is 0 Å². The highest BCUT2D eigenvalue weighted by Crippen LogP contribution is 2.19. The van der Waals surface area contributed by atoms with Crippen molar-refractivity contribution in [1.29, 1.82) is 0 Å². The van der Waals surface area contributed by atoms with Gasteiger partial charge in [-0.25, -0.2) is 4.79 Å². The van der Waals surface area contributed by atoms with Crippen molar-refractivity contribution in [2.24, 2.45) is 17.8 Å². The Kier molecular flexibility index (Phi) is 9.08. The number of carbonyl (C=O) groups is 3. The predicted molar refractivity (Wildman–Crippen MR) is 122 cm³/mol. The smallest absolute Gasteiger partial charge is 0.429 e. The third kappa shape index (κ3) is 8.03. The topological polar surface area (TPSA) is 125 Å². The van der Waals surface area contributed by atoms with E-state index in [-0.39, 0.29) is 48.0 Å². The van der Waals surface area contributed by atoms with Crippen molar-refractivity contribution in [3.8, 4) is 5.75 Å². The van der Waals surface area contributed by atoms with E-state index >= 15 is 0 Å². The Hall–Kier alpha value is -3.75. The molecule has 9 nitrogen and oxygen atoms in total. The van der Waals surface area contributed by atoms with E-state index in [1.807, 2.05) is 20.8 Å². The van der Waals surface area contributed by atoms with E-state index in [1.54, 1.807) is 31.2 Å². The Balaban J connectivity index is 1.81. The molecule has 2 aromatic rings. The van der Waals surface area contributed by atoms with Crippen molar-refractivity contribution in [2.75, 3.05) is 5.32 Å². The quantitative estimate of drug-likeness (QED) is 0.227. The maximum absolute atomic E-state index is 12.4. The minimum atomic E-state index is -0.949. The number of carbonyl (C=O) groups excluding carboxylic acids is 3. The fraction of sp³-hybridized carbons (Fsp3) is 0.375. The molecule has 0 heterocycles. The number of nitro groups is 1. The van der Waals surface area contributed by atoms with Gasteiger partial charge in [-0.3, -0.25) is 19.7 Å². The average molecular weight is 456 g/mol. The molecule has 176 valence electrons. The minimum Gasteiger partial charge on any atom is -0.429 e. The van der Waals surface area contributed by atoms with E-state index in [4.69, 9.17) is 9.47 Å². The highest BCUT2D eigenvalue weighted by Gasteiger charge is 2.22. The molecule has 0 saturated heterocycles. The zero-order valence-corrected chi connectivity index (χ0v) is 19.1. The summed E-state index contributed by atoms with van der Waals surface area (Å²) in [5.41, 5.74) is 1.12. The molecule has 0 aliphatic heterocycles. The lowest BCUT2D eigenvalue weighted by Crippen LogP contribution is -2.26. The second kappa shape index (κ2) is 11.8. The largest absolute Gasteiger partial charge is 0.514 e. The third-order valence-electron chi connectivity index (χ3n) is 5.29. The number of rotatable bonds is 10. The van der Waals surface area contributed by atoms with Gasteiger partial charge < -0.3 is 14.8 Å². The Labute approximate surface area is 192 Å². The first-order valence-corrected chi connectivity index (χ1v) is 10.6. The first kappa shape index (κ1) is 25.5. The zero-order chi connectivity index (χ0) is 24.5. The standard InChI is InChI=1S/C24H28N2O7/c1-15(2)17(4)22(27)13-16(3)23(28)25-19-7-5-18(6-8-19)14-32-24(29)33-21-11-9-20(10-12-21)26(30)31/h5-12,15-17H,13-14H2,1-4H3,(H,25,28)/t16-,17+/m1/s1. The van der Waals surface area contributed by atoms with E-state index in [1.165, 1.54) is 24.3 Å². The summed E-state index contributed by atoms with van der Waals surface area (Å²) in [5.74, 6) is -0.355. The molecule has 0 unspecified atom stereocenters. The number of amides is 1. The van der Waals surface area contributed by atoms with Crippen molar-refractivity contribution >= 4 is 29.2 Å². The predicted octanol–water partition coefficient (Wildman–Crippen LogP) is 5.14. The molecule has 0 bridgehead atoms. The van der Waals surface area contributed by atoms with Crippen LogP contribution >= 0.6 is 0 Å². The molecule has 1 amide bonds. The van der Waals surface area contributed by atoms with Crippen LogP contribution in [-0.2, 0) is 20.9 Å². The Morgan fingerprint density at radius 2 is 1.58 bits per heavy atom. The second-order valence-corrected chi connectivity index (χ2v) is 8.18. The fourth-order valence-corrected chi connectivity index (χ4v) is 2.81. The summed E-state index contributed by atoms with van der Waals surface area (Å²) < 4.78 is 10.0. The molecular formula is C24H28N2O7. The van der Waals surface area contributed by atoms with Crippen molar-refractivity contribution in [3.63, 3.8) is 0 Å². The van der Waals surface area contributed by atoms with E-state index < -0.39 is 17.0 Å². The molecule has 2 rings (SSSR count). The van der Waals surface area contributed by atoms with Crippen molar-refractivity contribution in [3.05, 3.63) is 64.2 Å². The van der Waals surface area contributed by atoms with E-state index in [9.17, 15) is 24.5 Å². The van der Waals surface area contributed by atoms with Gasteiger partial charge in [-0.2, -0.15) is 0 Å². The molecule has 33 heavy (non-hydrogen) atoms. The molecule has 0 radical (unpaired) electrons. The normalized spacial score (nSPS) is 12.5. The number of nitrogens with zero attached hydrogens (tertiary/aromatic N) is 1. The van der Waals surface area contributed by atoms with Crippen LogP contribution in [0.15, 0.2) is 48.5 Å². The van der Waals surface area contributed by atoms with Crippen LogP contribution in [0.4, 0.5) is 16.2 Å². The molecule has 9 heteroatoms. The number of nitrogens with one attached hydrogen (secondary N) is 1. The number of nitro benzene ring substituents is 1. The molecule has 0 aromatic heterocycles. The summed E-state index contributed by atoms with van der Waals surface area (Å²) >= 11 is 0. The van der Waals surface area contributed by atoms with Crippen LogP contribution < -0.4 is 10.1 Å². The first-order chi connectivity index (χ1) is 15.6. The number of hydrogen-bond acceptors (Lipinski definition) is 7. The van der Waals surface area contributed by atoms with Gasteiger partial charge in [0.25, 0.3) is 5.69 Å². The maximum Gasteiger partial charge on any atom is 0.514 e. The van der Waals surface area contributed by atoms with Crippen LogP contribution in [0, 0.1) is 27.9 Å². The summed E-state index contributed by atoms with van der Waals surface area (Å²) in [6.45, 7) is 7.50. The lowest BCUT2D eigenvalue weighted by molar-refractivity contribution is -0.384. The average Bonchev–Trinajstić information content (AvgIpc) is 2.78. The minimum absolute atomic E-state index is 0.0575. The molecule has 2 aromatic carbocycles. The van der Waals surface area contributed by atoms with Gasteiger partial charge in [-0.05, 0) is 35.7 Å². The van der Waals surface area contributed by atoms with Gasteiger partial charge in [0.1, 0.15) is 18.1 Å². The number of anilines is 1. The summed E-state index contributed by atoms with van der Waals surface area (Å²) in [6.07, 6.45) is -0.760. The van der Waals surface area contributed by atoms with Crippen molar-refractivity contribution in [2.45, 2.75) is 40.7 Å². The van der Waals surface area contributed by atoms with Crippen LogP contribution in [0.1, 0.15) is 39.7 Å². The lowest BCUT2D eigenvalue weighted by Gasteiger charge is -2.17. The molecule has 2 atom stereocenters. The SMILES string of the molecule is CC(C)[C@H](C)C(=O)C[C@@H](C)C(=O)Nc1ccc(COC(=O)Oc2ccc([N+](=O)[O-])cc2)cc1. The van der Waals surface area contributed by atoms with Gasteiger partial charge >= 0.3 is 6.16 Å². The molecule has 0 fully saturated rings. The number of Topliss-reactive ketones (excluding diaryl/α,β-unsaturated/α-hetero) is 1. The van der Waals surface area contributed by atoms with Crippen LogP contribution in [0.25, 0.3) is 0 Å². The Bertz CT molecular complexity index is 985. The van der Waals surface area contributed by atoms with Gasteiger partial charge in [0.15, 0.2) is 0 Å². The van der Waals surface area contributed by atoms with E-state index in [2.05, 4.69) is 5.32 Å². The molecular weight excluding hydrogens is 428 g/mol. The first-order valence-electron chi connectivity index (χ1n) is 10.6. The summed E-state index contributed by atoms with van der Waals surface area (Å²) in [5, 5.41) is 13.4. The summed E-state index contributed by atoms with van der Waals surface area (Å²) in [4.78, 5) is 46.5. The second-order valence-electron chi connectivity index (χ2n) is 8.18. The number of hydrogen-bond donors (Lipinski definition) is 1. The van der Waals surface area contributed by atoms with Crippen LogP contribution in [0.2, 0.25) is 0 Å². The lowest BCUT2D eigenvalue weighted by atomic mass is 9.88. The summed E-state index contributed by atoms with van der Waals surface area (Å²) in [6, 6.07) is 11.8. The molecule has 0 aliphatic carbocycles. The fourth-order valence-electron chi connectivity index (χ4n) is 2.81. The van der Waals surface area contributed by atoms with Gasteiger partial charge in [-0.15, -0.1) is 0 Å². The highest BCUT2D eigenvalue weighted by molar-refractivity contribution is 5.95. The number of benzene rings is 2. The van der Waals surface area contributed by atoms with Crippen molar-refractivity contribution < 1.29 is 28.8 Å². The van der Waals surface area contributed by atoms with Crippen LogP contribution in [-0.4, -0.2) is 22.8 Å². The maximum atomic E-state index is 12.4. The number of ketones is 1. The number of ether oxygens (including phenoxy) is 2. The summed E-state index contributed by atoms with van der Waals surface area (Å²) in [7, 11) is 0. The monoisotopic (exact) mass is 456 g/mol. The van der Waals surface area contributed by atoms with Crippen molar-refractivity contribution in [1.82, 2.24) is 0 Å². The van der Waals surface area contributed by atoms with Gasteiger partial charge in [0.05, 0.1) is 4.92 Å². The van der Waals surface area contributed by atoms with Crippen LogP contribution in [0.3, 0.4) is 0 Å². The van der Waals surface area contributed by atoms with E-state index in [0.29, 0.717) is 11.3 Å². The molecule has 1 N–H and O–H groups in total. The molecule has 0 saturated carbocycles. The third-order valence-corrected chi connectivity index (χ3v) is 5.29. The van der Waals surface area contributed by atoms with Gasteiger partial charge in [0, 0.05) is 36.1 Å². The molecule has 0 aliphatic rings. The van der Waals surface area contributed by atoms with Gasteiger partial charge in [-0.1, -0.05) is 39.8 Å². The van der Waals surface area contributed by atoms with Crippen LogP contribution in [0.5, 0.6) is 5.75 Å². The number of non-ortho nitro benzene ring substituents is 1. The highest BCUT2D eigenvalue weighted by atomic mass is 16.7. The zero-order valence-electron chi connectivity index (χ0n) is 19.1. The van der Waals surface area contributed by atoms with Gasteiger partial charge in [0.2, 0.25) is 5.91 Å². The Morgan fingerprint density at radius 3 is 2.12 bits per heavy atom. The Morgan fingerprint density at radius 1 is 0.970 bits per heavy atom.